The van der Waals surface area contributed by atoms with E-state index in [0.717, 1.165) is 10.8 Å². The van der Waals surface area contributed by atoms with Gasteiger partial charge in [-0.2, -0.15) is 10.2 Å². The van der Waals surface area contributed by atoms with Crippen LogP contribution in [0.2, 0.25) is 0 Å². The SMILES string of the molecule is CC(C)(C)OC(=O)NCc1ccn(C2=CC3CN(C2)C(=O)N3O)n1. The smallest absolute Gasteiger partial charge is 0.407 e. The molecule has 0 aromatic carbocycles. The molecule has 3 heterocycles. The molecule has 3 rings (SSSR count). The van der Waals surface area contributed by atoms with Crippen LogP contribution in [0.25, 0.3) is 5.70 Å². The van der Waals surface area contributed by atoms with E-state index in [2.05, 4.69) is 10.4 Å². The maximum Gasteiger partial charge on any atom is 0.407 e. The maximum atomic E-state index is 11.7. The first-order chi connectivity index (χ1) is 11.2. The minimum absolute atomic E-state index is 0.243. The van der Waals surface area contributed by atoms with Crippen LogP contribution in [0.4, 0.5) is 9.59 Å². The summed E-state index contributed by atoms with van der Waals surface area (Å²) < 4.78 is 6.82. The van der Waals surface area contributed by atoms with Crippen molar-refractivity contribution in [3.8, 4) is 0 Å². The number of aromatic nitrogens is 2. The fourth-order valence-electron chi connectivity index (χ4n) is 2.64. The van der Waals surface area contributed by atoms with E-state index in [0.29, 0.717) is 18.8 Å². The largest absolute Gasteiger partial charge is 0.444 e. The fraction of sp³-hybridized carbons (Fsp3) is 0.533. The summed E-state index contributed by atoms with van der Waals surface area (Å²) in [7, 11) is 0. The molecule has 9 nitrogen and oxygen atoms in total. The molecule has 2 N–H and O–H groups in total. The predicted octanol–water partition coefficient (Wildman–Crippen LogP) is 1.26. The van der Waals surface area contributed by atoms with Crippen LogP contribution in [0, 0.1) is 0 Å². The molecular weight excluding hydrogens is 314 g/mol. The first-order valence-corrected chi connectivity index (χ1v) is 7.72. The number of carbonyl (C=O) groups excluding carboxylic acids is 2. The lowest BCUT2D eigenvalue weighted by Gasteiger charge is -2.20. The Kier molecular flexibility index (Phi) is 3.96. The van der Waals surface area contributed by atoms with Crippen LogP contribution in [0.15, 0.2) is 18.3 Å². The molecule has 24 heavy (non-hydrogen) atoms. The Morgan fingerprint density at radius 3 is 2.92 bits per heavy atom. The zero-order valence-electron chi connectivity index (χ0n) is 13.9. The van der Waals surface area contributed by atoms with Gasteiger partial charge in [-0.15, -0.1) is 0 Å². The third-order valence-corrected chi connectivity index (χ3v) is 3.68. The summed E-state index contributed by atoms with van der Waals surface area (Å²) in [6.45, 7) is 6.50. The van der Waals surface area contributed by atoms with E-state index in [9.17, 15) is 14.8 Å². The van der Waals surface area contributed by atoms with Gasteiger partial charge in [0, 0.05) is 12.7 Å². The van der Waals surface area contributed by atoms with Crippen LogP contribution in [-0.4, -0.2) is 61.8 Å². The van der Waals surface area contributed by atoms with Gasteiger partial charge < -0.3 is 15.0 Å². The van der Waals surface area contributed by atoms with E-state index in [1.54, 1.807) is 42.6 Å². The summed E-state index contributed by atoms with van der Waals surface area (Å²) in [5.41, 5.74) is 0.925. The number of hydrogen-bond acceptors (Lipinski definition) is 5. The molecule has 1 unspecified atom stereocenters. The lowest BCUT2D eigenvalue weighted by atomic mass is 10.2. The molecule has 2 aliphatic rings. The standard InChI is InChI=1S/C15H21N5O4/c1-15(2,3)24-13(21)16-7-10-4-5-19(17-10)11-6-12-9-18(8-11)14(22)20(12)23/h4-6,12,23H,7-9H2,1-3H3,(H,16,21). The normalized spacial score (nSPS) is 20.2. The van der Waals surface area contributed by atoms with Crippen LogP contribution in [0.1, 0.15) is 26.5 Å². The molecule has 2 aliphatic heterocycles. The minimum atomic E-state index is -0.549. The first kappa shape index (κ1) is 16.3. The molecule has 0 radical (unpaired) electrons. The van der Waals surface area contributed by atoms with Gasteiger partial charge in [0.15, 0.2) is 0 Å². The van der Waals surface area contributed by atoms with Crippen molar-refractivity contribution in [1.29, 1.82) is 0 Å². The highest BCUT2D eigenvalue weighted by Gasteiger charge is 2.39. The molecule has 1 fully saturated rings. The molecule has 1 saturated heterocycles. The van der Waals surface area contributed by atoms with Crippen molar-refractivity contribution in [2.24, 2.45) is 0 Å². The third kappa shape index (κ3) is 3.35. The second kappa shape index (κ2) is 5.82. The number of nitrogens with zero attached hydrogens (tertiary/aromatic N) is 4. The zero-order chi connectivity index (χ0) is 17.5. The van der Waals surface area contributed by atoms with Gasteiger partial charge in [0.25, 0.3) is 0 Å². The second-order valence-electron chi connectivity index (χ2n) is 6.84. The quantitative estimate of drug-likeness (QED) is 0.810. The fourth-order valence-corrected chi connectivity index (χ4v) is 2.64. The number of fused-ring (bicyclic) bond motifs is 2. The topological polar surface area (TPSA) is 99.9 Å². The van der Waals surface area contributed by atoms with Crippen molar-refractivity contribution in [3.63, 3.8) is 0 Å². The number of nitrogens with one attached hydrogen (secondary N) is 1. The summed E-state index contributed by atoms with van der Waals surface area (Å²) in [4.78, 5) is 24.9. The Balaban J connectivity index is 1.61. The van der Waals surface area contributed by atoms with Crippen LogP contribution >= 0.6 is 0 Å². The zero-order valence-corrected chi connectivity index (χ0v) is 13.9. The van der Waals surface area contributed by atoms with Crippen molar-refractivity contribution in [1.82, 2.24) is 25.1 Å². The summed E-state index contributed by atoms with van der Waals surface area (Å²) in [6.07, 6.45) is 3.08. The van der Waals surface area contributed by atoms with Gasteiger partial charge in [-0.05, 0) is 32.9 Å². The van der Waals surface area contributed by atoms with Crippen LogP contribution in [0.3, 0.4) is 0 Å². The number of carbonyl (C=O) groups is 2. The van der Waals surface area contributed by atoms with E-state index in [1.807, 2.05) is 6.08 Å². The summed E-state index contributed by atoms with van der Waals surface area (Å²) in [6, 6.07) is 1.03. The van der Waals surface area contributed by atoms with Gasteiger partial charge in [0.05, 0.1) is 30.5 Å². The van der Waals surface area contributed by atoms with Crippen molar-refractivity contribution in [2.45, 2.75) is 39.0 Å². The number of hydroxylamine groups is 2. The number of rotatable bonds is 3. The highest BCUT2D eigenvalue weighted by atomic mass is 16.6. The maximum absolute atomic E-state index is 11.7. The Morgan fingerprint density at radius 2 is 2.25 bits per heavy atom. The van der Waals surface area contributed by atoms with Crippen LogP contribution < -0.4 is 5.32 Å². The molecule has 0 saturated carbocycles. The molecule has 0 spiro atoms. The lowest BCUT2D eigenvalue weighted by Crippen LogP contribution is -2.32. The average molecular weight is 335 g/mol. The van der Waals surface area contributed by atoms with E-state index < -0.39 is 17.7 Å². The highest BCUT2D eigenvalue weighted by molar-refractivity contribution is 5.79. The summed E-state index contributed by atoms with van der Waals surface area (Å²) >= 11 is 0. The van der Waals surface area contributed by atoms with Gasteiger partial charge in [0.1, 0.15) is 5.60 Å². The summed E-state index contributed by atoms with van der Waals surface area (Å²) in [5.74, 6) is 0. The third-order valence-electron chi connectivity index (χ3n) is 3.68. The van der Waals surface area contributed by atoms with Gasteiger partial charge in [0.2, 0.25) is 0 Å². The van der Waals surface area contributed by atoms with E-state index >= 15 is 0 Å². The highest BCUT2D eigenvalue weighted by Crippen LogP contribution is 2.24. The Hall–Kier alpha value is -2.55. The van der Waals surface area contributed by atoms with Crippen molar-refractivity contribution in [3.05, 3.63) is 24.0 Å². The first-order valence-electron chi connectivity index (χ1n) is 7.72. The Bertz CT molecular complexity index is 690. The van der Waals surface area contributed by atoms with Gasteiger partial charge in [-0.1, -0.05) is 0 Å². The molecule has 0 aliphatic carbocycles. The Morgan fingerprint density at radius 1 is 1.50 bits per heavy atom. The number of alkyl carbamates (subject to hydrolysis) is 1. The molecule has 9 heteroatoms. The number of amides is 3. The number of hydrogen-bond donors (Lipinski definition) is 2. The van der Waals surface area contributed by atoms with E-state index in [-0.39, 0.29) is 12.6 Å². The number of urea groups is 1. The van der Waals surface area contributed by atoms with Gasteiger partial charge in [-0.25, -0.2) is 14.3 Å². The van der Waals surface area contributed by atoms with Crippen molar-refractivity contribution < 1.29 is 19.5 Å². The van der Waals surface area contributed by atoms with Crippen molar-refractivity contribution >= 4 is 17.8 Å². The Labute approximate surface area is 139 Å². The van der Waals surface area contributed by atoms with E-state index in [4.69, 9.17) is 4.74 Å². The molecule has 130 valence electrons. The van der Waals surface area contributed by atoms with Crippen LogP contribution in [-0.2, 0) is 11.3 Å². The molecule has 3 amide bonds. The van der Waals surface area contributed by atoms with Crippen molar-refractivity contribution in [2.75, 3.05) is 13.1 Å². The van der Waals surface area contributed by atoms with Gasteiger partial charge >= 0.3 is 12.1 Å². The molecule has 1 aromatic heterocycles. The average Bonchev–Trinajstić information content (AvgIpc) is 3.04. The summed E-state index contributed by atoms with van der Waals surface area (Å²) in [5, 5.41) is 17.5. The molecule has 1 aromatic rings. The number of ether oxygens (including phenoxy) is 1. The van der Waals surface area contributed by atoms with E-state index in [1.165, 1.54) is 0 Å². The molecular formula is C15H21N5O4. The lowest BCUT2D eigenvalue weighted by molar-refractivity contribution is -0.0450. The minimum Gasteiger partial charge on any atom is -0.444 e. The molecule has 1 atom stereocenters. The molecule has 2 bridgehead atoms. The monoisotopic (exact) mass is 335 g/mol. The van der Waals surface area contributed by atoms with Crippen LogP contribution in [0.5, 0.6) is 0 Å². The predicted molar refractivity (Wildman–Crippen MR) is 84.0 cm³/mol. The van der Waals surface area contributed by atoms with Gasteiger partial charge in [-0.3, -0.25) is 5.21 Å². The second-order valence-corrected chi connectivity index (χ2v) is 6.84.